The van der Waals surface area contributed by atoms with Crippen LogP contribution in [0.25, 0.3) is 0 Å². The maximum absolute atomic E-state index is 11.0. The van der Waals surface area contributed by atoms with E-state index in [1.807, 2.05) is 0 Å². The molecule has 0 unspecified atom stereocenters. The Labute approximate surface area is 75.7 Å². The molecule has 0 fully saturated rings. The average Bonchev–Trinajstić information content (AvgIpc) is 2.18. The summed E-state index contributed by atoms with van der Waals surface area (Å²) in [7, 11) is 1.63. The second-order valence-electron chi connectivity index (χ2n) is 2.23. The Hall–Kier alpha value is -1.65. The monoisotopic (exact) mass is 178 g/mol. The molecule has 0 radical (unpaired) electrons. The summed E-state index contributed by atoms with van der Waals surface area (Å²) in [6.07, 6.45) is 0. The second-order valence-corrected chi connectivity index (χ2v) is 2.23. The van der Waals surface area contributed by atoms with Crippen LogP contribution in [0.2, 0.25) is 0 Å². The van der Waals surface area contributed by atoms with Gasteiger partial charge in [-0.25, -0.2) is 0 Å². The Bertz CT molecular complexity index is 306. The SMILES string of the molecule is COC(=O)c1ccc(OB=O)cc1. The van der Waals surface area contributed by atoms with Gasteiger partial charge >= 0.3 is 74.9 Å². The van der Waals surface area contributed by atoms with Crippen molar-refractivity contribution < 1.29 is 18.9 Å². The zero-order valence-corrected chi connectivity index (χ0v) is 7.02. The molecule has 1 aromatic rings. The van der Waals surface area contributed by atoms with Crippen LogP contribution < -0.4 is 4.65 Å². The molecule has 0 amide bonds. The first kappa shape index (κ1) is 9.44. The fourth-order valence-corrected chi connectivity index (χ4v) is 0.843. The van der Waals surface area contributed by atoms with Crippen LogP contribution in [0.1, 0.15) is 10.4 Å². The summed E-state index contributed by atoms with van der Waals surface area (Å²) in [4.78, 5) is 11.0. The second kappa shape index (κ2) is 4.40. The molecule has 5 heteroatoms. The summed E-state index contributed by atoms with van der Waals surface area (Å²) in [5.41, 5.74) is 0.417. The van der Waals surface area contributed by atoms with Crippen molar-refractivity contribution in [2.24, 2.45) is 0 Å². The van der Waals surface area contributed by atoms with E-state index in [-0.39, 0.29) is 0 Å². The molecule has 1 rings (SSSR count). The number of esters is 1. The number of carbonyl (C=O) groups is 1. The third kappa shape index (κ3) is 2.40. The van der Waals surface area contributed by atoms with Crippen LogP contribution in [0.5, 0.6) is 5.75 Å². The van der Waals surface area contributed by atoms with E-state index in [0.29, 0.717) is 18.7 Å². The van der Waals surface area contributed by atoms with Crippen LogP contribution in [0, 0.1) is 0 Å². The van der Waals surface area contributed by atoms with E-state index in [4.69, 9.17) is 0 Å². The summed E-state index contributed by atoms with van der Waals surface area (Å²) in [5.74, 6) is -0.0275. The molecule has 0 aliphatic carbocycles. The van der Waals surface area contributed by atoms with Crippen molar-refractivity contribution in [3.8, 4) is 5.75 Å². The summed E-state index contributed by atoms with van der Waals surface area (Å²) in [6, 6.07) is 6.07. The van der Waals surface area contributed by atoms with E-state index in [9.17, 15) is 9.50 Å². The van der Waals surface area contributed by atoms with Crippen LogP contribution >= 0.6 is 0 Å². The summed E-state index contributed by atoms with van der Waals surface area (Å²) < 4.78 is 19.0. The molecule has 1 aromatic carbocycles. The normalized spacial score (nSPS) is 8.69. The topological polar surface area (TPSA) is 52.6 Å². The summed E-state index contributed by atoms with van der Waals surface area (Å²) >= 11 is 0. The summed E-state index contributed by atoms with van der Waals surface area (Å²) in [5, 5.41) is 0. The van der Waals surface area contributed by atoms with Gasteiger partial charge in [0.05, 0.1) is 0 Å². The molecular formula is C8H7BO4. The molecule has 0 saturated carbocycles. The number of hydrogen-bond donors (Lipinski definition) is 0. The molecule has 0 aliphatic heterocycles. The van der Waals surface area contributed by atoms with Crippen molar-refractivity contribution in [3.63, 3.8) is 0 Å². The third-order valence-corrected chi connectivity index (χ3v) is 1.46. The van der Waals surface area contributed by atoms with Gasteiger partial charge in [-0.15, -0.1) is 0 Å². The Morgan fingerprint density at radius 1 is 1.31 bits per heavy atom. The van der Waals surface area contributed by atoms with Crippen molar-refractivity contribution in [2.75, 3.05) is 7.11 Å². The van der Waals surface area contributed by atoms with Crippen LogP contribution in [0.15, 0.2) is 24.3 Å². The fraction of sp³-hybridized carbons (Fsp3) is 0.125. The molecular weight excluding hydrogens is 171 g/mol. The number of rotatable bonds is 3. The van der Waals surface area contributed by atoms with Crippen molar-refractivity contribution in [3.05, 3.63) is 29.8 Å². The minimum absolute atomic E-state index is 0.327. The molecule has 13 heavy (non-hydrogen) atoms. The van der Waals surface area contributed by atoms with Gasteiger partial charge in [0.25, 0.3) is 0 Å². The first-order chi connectivity index (χ1) is 6.27. The van der Waals surface area contributed by atoms with Gasteiger partial charge < -0.3 is 0 Å². The Balaban J connectivity index is 2.80. The van der Waals surface area contributed by atoms with Gasteiger partial charge in [-0.05, 0) is 0 Å². The molecule has 66 valence electrons. The van der Waals surface area contributed by atoms with Crippen LogP contribution in [-0.4, -0.2) is 20.4 Å². The van der Waals surface area contributed by atoms with E-state index in [1.54, 1.807) is 0 Å². The average molecular weight is 178 g/mol. The van der Waals surface area contributed by atoms with Gasteiger partial charge in [0, 0.05) is 0 Å². The first-order valence-corrected chi connectivity index (χ1v) is 3.56. The van der Waals surface area contributed by atoms with Gasteiger partial charge in [0.1, 0.15) is 0 Å². The predicted octanol–water partition coefficient (Wildman–Crippen LogP) is 0.817. The van der Waals surface area contributed by atoms with E-state index >= 15 is 0 Å². The van der Waals surface area contributed by atoms with E-state index in [1.165, 1.54) is 31.4 Å². The maximum atomic E-state index is 11.0. The molecule has 0 aliphatic rings. The van der Waals surface area contributed by atoms with Crippen molar-refractivity contribution in [2.45, 2.75) is 0 Å². The zero-order chi connectivity index (χ0) is 9.68. The first-order valence-electron chi connectivity index (χ1n) is 3.56. The van der Waals surface area contributed by atoms with Crippen molar-refractivity contribution in [1.82, 2.24) is 0 Å². The minimum atomic E-state index is -0.419. The van der Waals surface area contributed by atoms with Gasteiger partial charge in [0.2, 0.25) is 0 Å². The fourth-order valence-electron chi connectivity index (χ4n) is 0.843. The summed E-state index contributed by atoms with van der Waals surface area (Å²) in [6.45, 7) is 0. The molecule has 0 saturated heterocycles. The number of ether oxygens (including phenoxy) is 1. The number of benzene rings is 1. The van der Waals surface area contributed by atoms with Crippen molar-refractivity contribution >= 4 is 13.3 Å². The van der Waals surface area contributed by atoms with E-state index in [0.717, 1.165) is 0 Å². The van der Waals surface area contributed by atoms with Crippen LogP contribution in [-0.2, 0) is 9.44 Å². The Morgan fingerprint density at radius 2 is 1.92 bits per heavy atom. The Morgan fingerprint density at radius 3 is 2.38 bits per heavy atom. The van der Waals surface area contributed by atoms with Crippen LogP contribution in [0.4, 0.5) is 0 Å². The molecule has 0 heterocycles. The van der Waals surface area contributed by atoms with Gasteiger partial charge in [-0.3, -0.25) is 0 Å². The number of carbonyl (C=O) groups excluding carboxylic acids is 1. The molecule has 4 nitrogen and oxygen atoms in total. The van der Waals surface area contributed by atoms with E-state index < -0.39 is 5.97 Å². The molecule has 0 N–H and O–H groups in total. The molecule has 0 aromatic heterocycles. The van der Waals surface area contributed by atoms with Gasteiger partial charge in [-0.1, -0.05) is 0 Å². The van der Waals surface area contributed by atoms with Gasteiger partial charge in [0.15, 0.2) is 0 Å². The van der Waals surface area contributed by atoms with Gasteiger partial charge in [-0.2, -0.15) is 0 Å². The van der Waals surface area contributed by atoms with Crippen molar-refractivity contribution in [1.29, 1.82) is 0 Å². The predicted molar refractivity (Wildman–Crippen MR) is 44.9 cm³/mol. The molecule has 0 bridgehead atoms. The molecule has 0 spiro atoms. The zero-order valence-electron chi connectivity index (χ0n) is 7.02. The van der Waals surface area contributed by atoms with E-state index in [2.05, 4.69) is 9.39 Å². The standard InChI is InChI=1S/C8H7BO4/c1-12-8(10)6-2-4-7(5-3-6)13-9-11/h2-5H,1H3. The third-order valence-electron chi connectivity index (χ3n) is 1.46. The Kier molecular flexibility index (Phi) is 3.19. The quantitative estimate of drug-likeness (QED) is 0.507. The van der Waals surface area contributed by atoms with Crippen LogP contribution in [0.3, 0.4) is 0 Å². The number of hydrogen-bond acceptors (Lipinski definition) is 4. The molecule has 0 atom stereocenters. The number of methoxy groups -OCH3 is 1.